The molecule has 7 heteroatoms. The summed E-state index contributed by atoms with van der Waals surface area (Å²) < 4.78 is 19.8. The quantitative estimate of drug-likeness (QED) is 0.807. The molecular formula is C10H8BrFN4O. The summed E-state index contributed by atoms with van der Waals surface area (Å²) in [6, 6.07) is 1.79. The van der Waals surface area contributed by atoms with Crippen LogP contribution in [0, 0.1) is 0 Å². The molecule has 0 fully saturated rings. The number of pyridine rings is 1. The van der Waals surface area contributed by atoms with Crippen molar-refractivity contribution in [2.75, 3.05) is 13.3 Å². The predicted molar refractivity (Wildman–Crippen MR) is 64.0 cm³/mol. The third-order valence-corrected chi connectivity index (χ3v) is 3.01. The third-order valence-electron chi connectivity index (χ3n) is 2.40. The average Bonchev–Trinajstić information content (AvgIpc) is 2.85. The fourth-order valence-corrected chi connectivity index (χ4v) is 2.35. The average molecular weight is 299 g/mol. The molecule has 5 nitrogen and oxygen atoms in total. The number of rotatable bonds is 3. The number of aromatic nitrogens is 4. The van der Waals surface area contributed by atoms with E-state index in [2.05, 4.69) is 31.2 Å². The largest absolute Gasteiger partial charge is 0.489 e. The molecule has 0 aliphatic rings. The maximum absolute atomic E-state index is 12.0. The fraction of sp³-hybridized carbons (Fsp3) is 0.200. The molecular weight excluding hydrogens is 291 g/mol. The van der Waals surface area contributed by atoms with Gasteiger partial charge >= 0.3 is 0 Å². The molecule has 3 aromatic rings. The molecule has 0 saturated carbocycles. The first-order chi connectivity index (χ1) is 8.29. The van der Waals surface area contributed by atoms with Crippen molar-refractivity contribution in [3.8, 4) is 5.75 Å². The van der Waals surface area contributed by atoms with Crippen LogP contribution in [0.3, 0.4) is 0 Å². The molecule has 0 unspecified atom stereocenters. The minimum Gasteiger partial charge on any atom is -0.489 e. The van der Waals surface area contributed by atoms with Gasteiger partial charge in [0.2, 0.25) is 0 Å². The van der Waals surface area contributed by atoms with Gasteiger partial charge in [-0.15, -0.1) is 5.10 Å². The van der Waals surface area contributed by atoms with E-state index in [1.807, 2.05) is 0 Å². The summed E-state index contributed by atoms with van der Waals surface area (Å²) in [4.78, 5) is 0. The maximum atomic E-state index is 12.0. The number of nitrogens with zero attached hydrogens (tertiary/aromatic N) is 3. The molecule has 0 saturated heterocycles. The molecule has 3 rings (SSSR count). The van der Waals surface area contributed by atoms with Crippen LogP contribution < -0.4 is 4.74 Å². The van der Waals surface area contributed by atoms with Crippen LogP contribution in [0.15, 0.2) is 22.9 Å². The van der Waals surface area contributed by atoms with Crippen molar-refractivity contribution < 1.29 is 9.13 Å². The van der Waals surface area contributed by atoms with Gasteiger partial charge in [-0.2, -0.15) is 5.10 Å². The molecule has 0 aliphatic heterocycles. The van der Waals surface area contributed by atoms with Crippen molar-refractivity contribution in [3.05, 3.63) is 22.9 Å². The van der Waals surface area contributed by atoms with Crippen molar-refractivity contribution >= 4 is 32.5 Å². The Hall–Kier alpha value is -1.63. The first kappa shape index (κ1) is 10.5. The van der Waals surface area contributed by atoms with E-state index in [0.29, 0.717) is 11.4 Å². The number of hydrogen-bond donors (Lipinski definition) is 1. The zero-order chi connectivity index (χ0) is 11.8. The minimum absolute atomic E-state index is 0.0403. The topological polar surface area (TPSA) is 55.2 Å². The Labute approximate surface area is 104 Å². The summed E-state index contributed by atoms with van der Waals surface area (Å²) in [7, 11) is 0. The first-order valence-electron chi connectivity index (χ1n) is 4.99. The van der Waals surface area contributed by atoms with Crippen molar-refractivity contribution in [2.24, 2.45) is 0 Å². The number of H-pyrrole nitrogens is 1. The Balaban J connectivity index is 2.18. The molecule has 17 heavy (non-hydrogen) atoms. The zero-order valence-corrected chi connectivity index (χ0v) is 10.2. The van der Waals surface area contributed by atoms with Gasteiger partial charge in [0.1, 0.15) is 19.0 Å². The normalized spacial score (nSPS) is 11.4. The lowest BCUT2D eigenvalue weighted by Crippen LogP contribution is -2.00. The van der Waals surface area contributed by atoms with Gasteiger partial charge < -0.3 is 4.74 Å². The first-order valence-corrected chi connectivity index (χ1v) is 5.78. The monoisotopic (exact) mass is 298 g/mol. The summed E-state index contributed by atoms with van der Waals surface area (Å²) in [5.74, 6) is 0.570. The Kier molecular flexibility index (Phi) is 2.47. The molecule has 3 aromatic heterocycles. The Bertz CT molecular complexity index is 677. The molecule has 0 amide bonds. The van der Waals surface area contributed by atoms with Crippen LogP contribution in [-0.2, 0) is 0 Å². The van der Waals surface area contributed by atoms with Crippen molar-refractivity contribution in [3.63, 3.8) is 0 Å². The van der Waals surface area contributed by atoms with E-state index in [0.717, 1.165) is 15.4 Å². The standard InChI is InChI=1S/C10H8BrFN4O/c11-8-3-6(17-2-1-12)5-16-9(8)7-4-13-14-10(7)15-16/h3-5H,1-2H2,(H,14,15). The highest BCUT2D eigenvalue weighted by Gasteiger charge is 2.11. The van der Waals surface area contributed by atoms with E-state index >= 15 is 0 Å². The summed E-state index contributed by atoms with van der Waals surface area (Å²) in [6.45, 7) is -0.474. The lowest BCUT2D eigenvalue weighted by Gasteiger charge is -2.05. The Morgan fingerprint density at radius 3 is 3.24 bits per heavy atom. The number of hydrogen-bond acceptors (Lipinski definition) is 3. The lowest BCUT2D eigenvalue weighted by atomic mass is 10.3. The van der Waals surface area contributed by atoms with E-state index in [-0.39, 0.29) is 6.61 Å². The molecule has 0 spiro atoms. The van der Waals surface area contributed by atoms with E-state index < -0.39 is 6.67 Å². The van der Waals surface area contributed by atoms with Crippen LogP contribution in [0.1, 0.15) is 0 Å². The molecule has 1 N–H and O–H groups in total. The van der Waals surface area contributed by atoms with Crippen LogP contribution in [0.5, 0.6) is 5.75 Å². The molecule has 0 atom stereocenters. The highest BCUT2D eigenvalue weighted by atomic mass is 79.9. The van der Waals surface area contributed by atoms with Gasteiger partial charge in [0.25, 0.3) is 0 Å². The van der Waals surface area contributed by atoms with E-state index in [9.17, 15) is 4.39 Å². The van der Waals surface area contributed by atoms with E-state index in [1.54, 1.807) is 23.0 Å². The zero-order valence-electron chi connectivity index (χ0n) is 8.65. The number of ether oxygens (including phenoxy) is 1. The van der Waals surface area contributed by atoms with Gasteiger partial charge in [-0.25, -0.2) is 8.91 Å². The lowest BCUT2D eigenvalue weighted by molar-refractivity contribution is 0.272. The van der Waals surface area contributed by atoms with Gasteiger partial charge in [0.15, 0.2) is 5.65 Å². The van der Waals surface area contributed by atoms with Gasteiger partial charge in [0.05, 0.1) is 23.3 Å². The molecule has 88 valence electrons. The Morgan fingerprint density at radius 1 is 1.53 bits per heavy atom. The number of halogens is 2. The van der Waals surface area contributed by atoms with Gasteiger partial charge in [0, 0.05) is 4.47 Å². The van der Waals surface area contributed by atoms with Crippen LogP contribution in [0.25, 0.3) is 16.6 Å². The smallest absolute Gasteiger partial charge is 0.178 e. The summed E-state index contributed by atoms with van der Waals surface area (Å²) in [6.07, 6.45) is 3.42. The highest BCUT2D eigenvalue weighted by Crippen LogP contribution is 2.28. The number of aromatic amines is 1. The second kappa shape index (κ2) is 3.99. The van der Waals surface area contributed by atoms with Crippen LogP contribution in [-0.4, -0.2) is 33.1 Å². The van der Waals surface area contributed by atoms with Gasteiger partial charge in [-0.05, 0) is 22.0 Å². The number of nitrogens with one attached hydrogen (secondary N) is 1. The van der Waals surface area contributed by atoms with E-state index in [1.165, 1.54) is 0 Å². The molecule has 3 heterocycles. The van der Waals surface area contributed by atoms with Gasteiger partial charge in [-0.3, -0.25) is 5.10 Å². The second-order valence-corrected chi connectivity index (χ2v) is 4.34. The predicted octanol–water partition coefficient (Wildman–Crippen LogP) is 2.32. The molecule has 0 aliphatic carbocycles. The van der Waals surface area contributed by atoms with Crippen molar-refractivity contribution in [1.82, 2.24) is 19.8 Å². The fourth-order valence-electron chi connectivity index (χ4n) is 1.73. The Morgan fingerprint density at radius 2 is 2.41 bits per heavy atom. The van der Waals surface area contributed by atoms with Crippen LogP contribution >= 0.6 is 15.9 Å². The van der Waals surface area contributed by atoms with Crippen molar-refractivity contribution in [1.29, 1.82) is 0 Å². The number of fused-ring (bicyclic) bond motifs is 3. The summed E-state index contributed by atoms with van der Waals surface area (Å²) >= 11 is 3.45. The third kappa shape index (κ3) is 1.66. The molecule has 0 aromatic carbocycles. The van der Waals surface area contributed by atoms with Gasteiger partial charge in [-0.1, -0.05) is 0 Å². The van der Waals surface area contributed by atoms with Crippen molar-refractivity contribution in [2.45, 2.75) is 0 Å². The molecule has 0 radical (unpaired) electrons. The summed E-state index contributed by atoms with van der Waals surface area (Å²) in [5.41, 5.74) is 1.61. The van der Waals surface area contributed by atoms with E-state index in [4.69, 9.17) is 4.74 Å². The summed E-state index contributed by atoms with van der Waals surface area (Å²) in [5, 5.41) is 11.9. The SMILES string of the molecule is FCCOc1cc(Br)c2c3cn[nH]c3nn2c1. The second-order valence-electron chi connectivity index (χ2n) is 3.49. The number of alkyl halides is 1. The minimum atomic E-state index is -0.514. The van der Waals surface area contributed by atoms with Crippen LogP contribution in [0.4, 0.5) is 4.39 Å². The molecule has 0 bridgehead atoms. The highest BCUT2D eigenvalue weighted by molar-refractivity contribution is 9.10. The van der Waals surface area contributed by atoms with Crippen LogP contribution in [0.2, 0.25) is 0 Å². The maximum Gasteiger partial charge on any atom is 0.178 e.